The first kappa shape index (κ1) is 18.3. The third kappa shape index (κ3) is 6.29. The summed E-state index contributed by atoms with van der Waals surface area (Å²) in [7, 11) is -2.01. The highest BCUT2D eigenvalue weighted by atomic mass is 79.9. The van der Waals surface area contributed by atoms with Gasteiger partial charge in [0.2, 0.25) is 0 Å². The van der Waals surface area contributed by atoms with Crippen LogP contribution in [0.15, 0.2) is 16.7 Å². The number of nitrogens with one attached hydrogen (secondary N) is 2. The molecule has 0 aliphatic heterocycles. The molecule has 0 aromatic carbocycles. The normalized spacial score (nSPS) is 12.1. The molecule has 0 fully saturated rings. The molecule has 0 atom stereocenters. The Bertz CT molecular complexity index is 563. The largest absolute Gasteiger partial charge is 0.314 e. The van der Waals surface area contributed by atoms with Crippen LogP contribution in [0.25, 0.3) is 0 Å². The Morgan fingerprint density at radius 1 is 1.43 bits per heavy atom. The second-order valence-corrected chi connectivity index (χ2v) is 7.84. The summed E-state index contributed by atoms with van der Waals surface area (Å²) in [6, 6.07) is 2.09. The zero-order valence-electron chi connectivity index (χ0n) is 12.9. The van der Waals surface area contributed by atoms with Crippen molar-refractivity contribution in [1.82, 2.24) is 14.6 Å². The summed E-state index contributed by atoms with van der Waals surface area (Å²) in [6.07, 6.45) is 2.34. The number of aryl methyl sites for hydroxylation is 1. The Morgan fingerprint density at radius 2 is 2.10 bits per heavy atom. The predicted octanol–water partition coefficient (Wildman–Crippen LogP) is 2.13. The number of rotatable bonds is 8. The van der Waals surface area contributed by atoms with Gasteiger partial charge in [-0.3, -0.25) is 4.72 Å². The van der Waals surface area contributed by atoms with Crippen LogP contribution >= 0.6 is 15.9 Å². The Kier molecular flexibility index (Phi) is 7.05. The first-order valence-corrected chi connectivity index (χ1v) is 9.05. The minimum absolute atomic E-state index is 0.322. The van der Waals surface area contributed by atoms with Crippen molar-refractivity contribution in [2.45, 2.75) is 33.2 Å². The number of hydrogen-bond acceptors (Lipinski definition) is 4. The summed E-state index contributed by atoms with van der Waals surface area (Å²) >= 11 is 3.33. The minimum atomic E-state index is -3.57. The average molecular weight is 379 g/mol. The summed E-state index contributed by atoms with van der Waals surface area (Å²) < 4.78 is 29.0. The van der Waals surface area contributed by atoms with E-state index in [0.29, 0.717) is 18.4 Å². The number of pyridine rings is 1. The first-order chi connectivity index (χ1) is 9.72. The van der Waals surface area contributed by atoms with Crippen molar-refractivity contribution in [2.24, 2.45) is 0 Å². The van der Waals surface area contributed by atoms with Gasteiger partial charge in [-0.2, -0.15) is 12.7 Å². The molecule has 1 heterocycles. The number of nitrogens with zero attached hydrogens (tertiary/aromatic N) is 2. The lowest BCUT2D eigenvalue weighted by molar-refractivity contribution is 0.451. The number of anilines is 1. The number of hydrogen-bond donors (Lipinski definition) is 2. The van der Waals surface area contributed by atoms with E-state index in [4.69, 9.17) is 0 Å². The van der Waals surface area contributed by atoms with Crippen molar-refractivity contribution >= 4 is 32.0 Å². The van der Waals surface area contributed by atoms with E-state index in [1.807, 2.05) is 6.92 Å². The molecule has 0 aliphatic rings. The van der Waals surface area contributed by atoms with Crippen molar-refractivity contribution < 1.29 is 8.42 Å². The monoisotopic (exact) mass is 378 g/mol. The summed E-state index contributed by atoms with van der Waals surface area (Å²) in [5.41, 5.74) is 0.923. The van der Waals surface area contributed by atoms with Gasteiger partial charge >= 0.3 is 10.2 Å². The van der Waals surface area contributed by atoms with E-state index < -0.39 is 10.2 Å². The van der Waals surface area contributed by atoms with Crippen LogP contribution in [0.4, 0.5) is 5.82 Å². The molecule has 0 amide bonds. The van der Waals surface area contributed by atoms with Crippen molar-refractivity contribution in [3.05, 3.63) is 22.3 Å². The van der Waals surface area contributed by atoms with Crippen molar-refractivity contribution in [2.75, 3.05) is 24.9 Å². The van der Waals surface area contributed by atoms with Gasteiger partial charge in [0.05, 0.1) is 0 Å². The first-order valence-electron chi connectivity index (χ1n) is 6.82. The Balaban J connectivity index is 2.57. The zero-order chi connectivity index (χ0) is 16.0. The molecule has 0 radical (unpaired) electrons. The quantitative estimate of drug-likeness (QED) is 0.679. The molecular formula is C13H23BrN4O2S. The lowest BCUT2D eigenvalue weighted by atomic mass is 10.3. The molecule has 0 bridgehead atoms. The van der Waals surface area contributed by atoms with E-state index >= 15 is 0 Å². The molecule has 0 aliphatic carbocycles. The maximum atomic E-state index is 12.2. The second-order valence-electron chi connectivity index (χ2n) is 5.21. The number of halogens is 1. The van der Waals surface area contributed by atoms with Crippen LogP contribution in [0.3, 0.4) is 0 Å². The summed E-state index contributed by atoms with van der Waals surface area (Å²) in [4.78, 5) is 4.05. The fourth-order valence-corrected chi connectivity index (χ4v) is 2.74. The predicted molar refractivity (Wildman–Crippen MR) is 89.6 cm³/mol. The molecule has 1 aromatic rings. The van der Waals surface area contributed by atoms with Gasteiger partial charge < -0.3 is 5.32 Å². The standard InChI is InChI=1S/C13H23BrN4O2S/c1-10(2)15-6-5-7-18(4)21(19,20)17-13-8-11(3)12(14)9-16-13/h8-10,15H,5-7H2,1-4H3,(H,16,17). The van der Waals surface area contributed by atoms with Gasteiger partial charge in [0.1, 0.15) is 5.82 Å². The van der Waals surface area contributed by atoms with Gasteiger partial charge in [-0.05, 0) is 47.4 Å². The minimum Gasteiger partial charge on any atom is -0.314 e. The molecule has 120 valence electrons. The molecule has 0 saturated carbocycles. The zero-order valence-corrected chi connectivity index (χ0v) is 15.3. The lowest BCUT2D eigenvalue weighted by Crippen LogP contribution is -2.35. The smallest absolute Gasteiger partial charge is 0.302 e. The third-order valence-corrected chi connectivity index (χ3v) is 5.19. The lowest BCUT2D eigenvalue weighted by Gasteiger charge is -2.18. The molecule has 1 rings (SSSR count). The summed E-state index contributed by atoms with van der Waals surface area (Å²) in [5, 5.41) is 3.26. The van der Waals surface area contributed by atoms with Crippen LogP contribution in [0.1, 0.15) is 25.8 Å². The summed E-state index contributed by atoms with van der Waals surface area (Å²) in [6.45, 7) is 7.23. The Morgan fingerprint density at radius 3 is 2.67 bits per heavy atom. The van der Waals surface area contributed by atoms with Gasteiger partial charge in [0.15, 0.2) is 0 Å². The topological polar surface area (TPSA) is 74.3 Å². The van der Waals surface area contributed by atoms with Gasteiger partial charge in [-0.1, -0.05) is 13.8 Å². The van der Waals surface area contributed by atoms with Crippen LogP contribution < -0.4 is 10.0 Å². The summed E-state index contributed by atoms with van der Waals surface area (Å²) in [5.74, 6) is 0.322. The highest BCUT2D eigenvalue weighted by Gasteiger charge is 2.17. The average Bonchev–Trinajstić information content (AvgIpc) is 2.38. The second kappa shape index (κ2) is 8.07. The maximum absolute atomic E-state index is 12.2. The highest BCUT2D eigenvalue weighted by molar-refractivity contribution is 9.10. The SMILES string of the molecule is Cc1cc(NS(=O)(=O)N(C)CCCNC(C)C)ncc1Br. The van der Waals surface area contributed by atoms with Gasteiger partial charge in [0, 0.05) is 30.3 Å². The van der Waals surface area contributed by atoms with Crippen LogP contribution in [-0.2, 0) is 10.2 Å². The van der Waals surface area contributed by atoms with E-state index in [-0.39, 0.29) is 0 Å². The van der Waals surface area contributed by atoms with Crippen LogP contribution in [0.2, 0.25) is 0 Å². The van der Waals surface area contributed by atoms with E-state index in [9.17, 15) is 8.42 Å². The molecule has 21 heavy (non-hydrogen) atoms. The molecule has 0 unspecified atom stereocenters. The fourth-order valence-electron chi connectivity index (χ4n) is 1.62. The van der Waals surface area contributed by atoms with Crippen molar-refractivity contribution in [1.29, 1.82) is 0 Å². The third-order valence-electron chi connectivity index (χ3n) is 2.89. The van der Waals surface area contributed by atoms with E-state index in [0.717, 1.165) is 23.0 Å². The van der Waals surface area contributed by atoms with Crippen molar-refractivity contribution in [3.8, 4) is 0 Å². The fraction of sp³-hybridized carbons (Fsp3) is 0.615. The van der Waals surface area contributed by atoms with E-state index in [2.05, 4.69) is 44.8 Å². The molecule has 1 aromatic heterocycles. The molecule has 2 N–H and O–H groups in total. The van der Waals surface area contributed by atoms with Crippen molar-refractivity contribution in [3.63, 3.8) is 0 Å². The van der Waals surface area contributed by atoms with Crippen LogP contribution in [-0.4, -0.2) is 43.9 Å². The van der Waals surface area contributed by atoms with E-state index in [1.54, 1.807) is 19.3 Å². The molecular weight excluding hydrogens is 356 g/mol. The molecule has 0 saturated heterocycles. The Hall–Kier alpha value is -0.700. The number of aromatic nitrogens is 1. The van der Waals surface area contributed by atoms with E-state index in [1.165, 1.54) is 4.31 Å². The van der Waals surface area contributed by atoms with Crippen LogP contribution in [0, 0.1) is 6.92 Å². The maximum Gasteiger partial charge on any atom is 0.302 e. The van der Waals surface area contributed by atoms with Gasteiger partial charge in [0.25, 0.3) is 0 Å². The molecule has 6 nitrogen and oxygen atoms in total. The van der Waals surface area contributed by atoms with Gasteiger partial charge in [-0.25, -0.2) is 4.98 Å². The molecule has 8 heteroatoms. The van der Waals surface area contributed by atoms with Crippen LogP contribution in [0.5, 0.6) is 0 Å². The Labute approximate surface area is 135 Å². The highest BCUT2D eigenvalue weighted by Crippen LogP contribution is 2.18. The molecule has 0 spiro atoms. The van der Waals surface area contributed by atoms with Gasteiger partial charge in [-0.15, -0.1) is 0 Å².